The Morgan fingerprint density at radius 2 is 1.76 bits per heavy atom. The zero-order valence-electron chi connectivity index (χ0n) is 10.6. The molecule has 2 rings (SSSR count). The van der Waals surface area contributed by atoms with Crippen LogP contribution in [0.4, 0.5) is 5.69 Å². The summed E-state index contributed by atoms with van der Waals surface area (Å²) in [6, 6.07) is 12.6. The molecule has 0 amide bonds. The maximum atomic E-state index is 9.53. The number of nitrogens with one attached hydrogen (secondary N) is 1. The summed E-state index contributed by atoms with van der Waals surface area (Å²) in [6.45, 7) is 4.49. The number of rotatable bonds is 2. The van der Waals surface area contributed by atoms with Crippen molar-refractivity contribution in [3.05, 3.63) is 30.3 Å². The zero-order valence-corrected chi connectivity index (χ0v) is 10.6. The highest BCUT2D eigenvalue weighted by atomic mass is 15.0. The van der Waals surface area contributed by atoms with Crippen LogP contribution in [0.25, 0.3) is 0 Å². The van der Waals surface area contributed by atoms with E-state index in [1.807, 2.05) is 30.3 Å². The molecule has 1 N–H and O–H groups in total. The van der Waals surface area contributed by atoms with E-state index >= 15 is 0 Å². The molecule has 0 aromatic heterocycles. The second-order valence-corrected chi connectivity index (χ2v) is 5.54. The highest BCUT2D eigenvalue weighted by molar-refractivity contribution is 5.47. The van der Waals surface area contributed by atoms with Crippen LogP contribution in [0, 0.1) is 23.2 Å². The van der Waals surface area contributed by atoms with Gasteiger partial charge in [-0.15, -0.1) is 0 Å². The molecule has 0 bridgehead atoms. The predicted molar refractivity (Wildman–Crippen MR) is 70.6 cm³/mol. The maximum absolute atomic E-state index is 9.53. The predicted octanol–water partition coefficient (Wildman–Crippen LogP) is 3.82. The van der Waals surface area contributed by atoms with Crippen LogP contribution in [0.2, 0.25) is 0 Å². The van der Waals surface area contributed by atoms with E-state index in [4.69, 9.17) is 0 Å². The van der Waals surface area contributed by atoms with Gasteiger partial charge < -0.3 is 5.32 Å². The third-order valence-corrected chi connectivity index (χ3v) is 3.57. The van der Waals surface area contributed by atoms with E-state index in [2.05, 4.69) is 25.2 Å². The van der Waals surface area contributed by atoms with Crippen LogP contribution in [-0.4, -0.2) is 5.54 Å². The zero-order chi connectivity index (χ0) is 12.3. The van der Waals surface area contributed by atoms with Gasteiger partial charge in [-0.2, -0.15) is 5.26 Å². The van der Waals surface area contributed by atoms with Gasteiger partial charge in [0.2, 0.25) is 0 Å². The Morgan fingerprint density at radius 3 is 2.29 bits per heavy atom. The lowest BCUT2D eigenvalue weighted by Crippen LogP contribution is -2.43. The average Bonchev–Trinajstić information content (AvgIpc) is 2.29. The van der Waals surface area contributed by atoms with Crippen LogP contribution >= 0.6 is 0 Å². The molecule has 1 fully saturated rings. The first-order valence-corrected chi connectivity index (χ1v) is 6.38. The monoisotopic (exact) mass is 228 g/mol. The van der Waals surface area contributed by atoms with Crippen LogP contribution in [0.1, 0.15) is 33.1 Å². The van der Waals surface area contributed by atoms with Gasteiger partial charge in [-0.25, -0.2) is 0 Å². The first-order valence-electron chi connectivity index (χ1n) is 6.38. The molecule has 2 nitrogen and oxygen atoms in total. The summed E-state index contributed by atoms with van der Waals surface area (Å²) >= 11 is 0. The summed E-state index contributed by atoms with van der Waals surface area (Å²) in [5, 5.41) is 13.0. The van der Waals surface area contributed by atoms with Gasteiger partial charge in [0.15, 0.2) is 0 Å². The smallest absolute Gasteiger partial charge is 0.125 e. The highest BCUT2D eigenvalue weighted by Gasteiger charge is 2.38. The van der Waals surface area contributed by atoms with E-state index < -0.39 is 0 Å². The van der Waals surface area contributed by atoms with Gasteiger partial charge in [-0.1, -0.05) is 32.0 Å². The van der Waals surface area contributed by atoms with Gasteiger partial charge >= 0.3 is 0 Å². The highest BCUT2D eigenvalue weighted by Crippen LogP contribution is 2.37. The molecule has 0 saturated heterocycles. The van der Waals surface area contributed by atoms with Crippen molar-refractivity contribution in [3.63, 3.8) is 0 Å². The fourth-order valence-electron chi connectivity index (χ4n) is 3.15. The Balaban J connectivity index is 2.18. The minimum absolute atomic E-state index is 0.377. The Hall–Kier alpha value is -1.49. The van der Waals surface area contributed by atoms with Crippen molar-refractivity contribution in [2.75, 3.05) is 5.32 Å². The molecule has 1 aliphatic carbocycles. The number of nitriles is 1. The molecular weight excluding hydrogens is 208 g/mol. The Morgan fingerprint density at radius 1 is 1.18 bits per heavy atom. The van der Waals surface area contributed by atoms with Gasteiger partial charge in [-0.3, -0.25) is 0 Å². The van der Waals surface area contributed by atoms with Crippen LogP contribution in [-0.2, 0) is 0 Å². The van der Waals surface area contributed by atoms with Crippen LogP contribution < -0.4 is 5.32 Å². The number of hydrogen-bond acceptors (Lipinski definition) is 2. The largest absolute Gasteiger partial charge is 0.367 e. The van der Waals surface area contributed by atoms with E-state index in [1.54, 1.807) is 0 Å². The molecule has 2 unspecified atom stereocenters. The average molecular weight is 228 g/mol. The fraction of sp³-hybridized carbons (Fsp3) is 0.533. The second-order valence-electron chi connectivity index (χ2n) is 5.54. The van der Waals surface area contributed by atoms with Gasteiger partial charge in [0.05, 0.1) is 6.07 Å². The number of para-hydroxylation sites is 1. The normalized spacial score (nSPS) is 32.8. The molecule has 2 heteroatoms. The molecule has 0 heterocycles. The molecule has 1 aliphatic rings. The molecule has 1 aromatic rings. The molecule has 0 aliphatic heterocycles. The summed E-state index contributed by atoms with van der Waals surface area (Å²) < 4.78 is 0. The van der Waals surface area contributed by atoms with E-state index in [0.29, 0.717) is 11.8 Å². The number of benzene rings is 1. The SMILES string of the molecule is CC1CC(C)CC(C#N)(Nc2ccccc2)C1. The summed E-state index contributed by atoms with van der Waals surface area (Å²) in [5.41, 5.74) is 0.675. The molecule has 0 radical (unpaired) electrons. The van der Waals surface area contributed by atoms with Crippen LogP contribution in [0.3, 0.4) is 0 Å². The summed E-state index contributed by atoms with van der Waals surface area (Å²) in [5.74, 6) is 1.24. The van der Waals surface area contributed by atoms with Gasteiger partial charge in [0.25, 0.3) is 0 Å². The molecule has 17 heavy (non-hydrogen) atoms. The Labute approximate surface area is 104 Å². The van der Waals surface area contributed by atoms with Crippen molar-refractivity contribution in [3.8, 4) is 6.07 Å². The van der Waals surface area contributed by atoms with Crippen molar-refractivity contribution in [1.29, 1.82) is 5.26 Å². The number of hydrogen-bond donors (Lipinski definition) is 1. The van der Waals surface area contributed by atoms with Crippen molar-refractivity contribution < 1.29 is 0 Å². The molecular formula is C15H20N2. The topological polar surface area (TPSA) is 35.8 Å². The number of anilines is 1. The lowest BCUT2D eigenvalue weighted by Gasteiger charge is -2.39. The van der Waals surface area contributed by atoms with E-state index in [9.17, 15) is 5.26 Å². The van der Waals surface area contributed by atoms with Crippen LogP contribution in [0.15, 0.2) is 30.3 Å². The molecule has 0 spiro atoms. The molecule has 1 saturated carbocycles. The third-order valence-electron chi connectivity index (χ3n) is 3.57. The van der Waals surface area contributed by atoms with Gasteiger partial charge in [0.1, 0.15) is 5.54 Å². The molecule has 2 atom stereocenters. The first kappa shape index (κ1) is 12.0. The summed E-state index contributed by atoms with van der Waals surface area (Å²) in [4.78, 5) is 0. The lowest BCUT2D eigenvalue weighted by atomic mass is 9.72. The van der Waals surface area contributed by atoms with Crippen molar-refractivity contribution in [2.45, 2.75) is 38.6 Å². The summed E-state index contributed by atoms with van der Waals surface area (Å²) in [6.07, 6.45) is 3.13. The number of nitrogens with zero attached hydrogens (tertiary/aromatic N) is 1. The molecule has 1 aromatic carbocycles. The minimum Gasteiger partial charge on any atom is -0.367 e. The van der Waals surface area contributed by atoms with Crippen molar-refractivity contribution >= 4 is 5.69 Å². The van der Waals surface area contributed by atoms with Crippen molar-refractivity contribution in [2.24, 2.45) is 11.8 Å². The minimum atomic E-state index is -0.377. The fourth-order valence-corrected chi connectivity index (χ4v) is 3.15. The third kappa shape index (κ3) is 2.79. The molecule has 90 valence electrons. The first-order chi connectivity index (χ1) is 8.13. The summed E-state index contributed by atoms with van der Waals surface area (Å²) in [7, 11) is 0. The maximum Gasteiger partial charge on any atom is 0.125 e. The standard InChI is InChI=1S/C15H20N2/c1-12-8-13(2)10-15(9-12,11-16)17-14-6-4-3-5-7-14/h3-7,12-13,17H,8-10H2,1-2H3. The van der Waals surface area contributed by atoms with E-state index in [1.165, 1.54) is 6.42 Å². The van der Waals surface area contributed by atoms with E-state index in [0.717, 1.165) is 18.5 Å². The lowest BCUT2D eigenvalue weighted by molar-refractivity contribution is 0.240. The quantitative estimate of drug-likeness (QED) is 0.835. The van der Waals surface area contributed by atoms with Gasteiger partial charge in [0, 0.05) is 5.69 Å². The van der Waals surface area contributed by atoms with Crippen molar-refractivity contribution in [1.82, 2.24) is 0 Å². The Bertz CT molecular complexity index is 395. The second kappa shape index (κ2) is 4.79. The Kier molecular flexibility index (Phi) is 3.38. The van der Waals surface area contributed by atoms with Crippen LogP contribution in [0.5, 0.6) is 0 Å². The van der Waals surface area contributed by atoms with Gasteiger partial charge in [-0.05, 0) is 43.2 Å². The van der Waals surface area contributed by atoms with E-state index in [-0.39, 0.29) is 5.54 Å².